The molecule has 0 atom stereocenters. The summed E-state index contributed by atoms with van der Waals surface area (Å²) in [5, 5.41) is 8.77. The molecule has 0 fully saturated rings. The monoisotopic (exact) mass is 220 g/mol. The van der Waals surface area contributed by atoms with Gasteiger partial charge in [0.2, 0.25) is 0 Å². The van der Waals surface area contributed by atoms with E-state index in [2.05, 4.69) is 11.0 Å². The van der Waals surface area contributed by atoms with Crippen LogP contribution in [0.2, 0.25) is 0 Å². The highest BCUT2D eigenvalue weighted by Crippen LogP contribution is 2.15. The highest BCUT2D eigenvalue weighted by atomic mass is 35.5. The second kappa shape index (κ2) is 5.43. The summed E-state index contributed by atoms with van der Waals surface area (Å²) in [7, 11) is 1.97. The summed E-state index contributed by atoms with van der Waals surface area (Å²) >= 11 is 5.60. The van der Waals surface area contributed by atoms with Gasteiger partial charge in [-0.15, -0.1) is 0 Å². The molecule has 0 aliphatic heterocycles. The number of halogens is 1. The van der Waals surface area contributed by atoms with Crippen LogP contribution in [0, 0.1) is 11.3 Å². The van der Waals surface area contributed by atoms with Crippen molar-refractivity contribution in [3.05, 3.63) is 40.9 Å². The van der Waals surface area contributed by atoms with E-state index in [0.29, 0.717) is 5.56 Å². The molecule has 0 saturated heterocycles. The average Bonchev–Trinajstić information content (AvgIpc) is 2.28. The zero-order valence-electron chi connectivity index (χ0n) is 8.87. The first-order valence-corrected chi connectivity index (χ1v) is 5.08. The third-order valence-corrected chi connectivity index (χ3v) is 2.46. The fraction of sp³-hybridized carbons (Fsp3) is 0.250. The SMILES string of the molecule is C/C(=C\Cl)CN(C)c1cccc(C#N)c1. The number of rotatable bonds is 3. The lowest BCUT2D eigenvalue weighted by molar-refractivity contribution is 0.983. The maximum absolute atomic E-state index is 8.77. The van der Waals surface area contributed by atoms with Crippen molar-refractivity contribution in [3.8, 4) is 6.07 Å². The lowest BCUT2D eigenvalue weighted by Crippen LogP contribution is -2.19. The minimum Gasteiger partial charge on any atom is -0.371 e. The standard InChI is InChI=1S/C12H13ClN2/c1-10(7-13)9-15(2)12-5-3-4-11(6-12)8-14/h3-7H,9H2,1-2H3/b10-7+. The first-order chi connectivity index (χ1) is 7.17. The van der Waals surface area contributed by atoms with Gasteiger partial charge in [0.1, 0.15) is 0 Å². The van der Waals surface area contributed by atoms with Crippen molar-refractivity contribution in [2.45, 2.75) is 6.92 Å². The Morgan fingerprint density at radius 3 is 2.93 bits per heavy atom. The third-order valence-electron chi connectivity index (χ3n) is 2.09. The Bertz CT molecular complexity index is 404. The number of nitriles is 1. The van der Waals surface area contributed by atoms with Crippen LogP contribution in [0.15, 0.2) is 35.4 Å². The zero-order valence-corrected chi connectivity index (χ0v) is 9.62. The van der Waals surface area contributed by atoms with Gasteiger partial charge >= 0.3 is 0 Å². The second-order valence-electron chi connectivity index (χ2n) is 3.47. The number of hydrogen-bond donors (Lipinski definition) is 0. The van der Waals surface area contributed by atoms with E-state index in [0.717, 1.165) is 17.8 Å². The molecular formula is C12H13ClN2. The van der Waals surface area contributed by atoms with Crippen LogP contribution in [-0.2, 0) is 0 Å². The molecule has 2 nitrogen and oxygen atoms in total. The second-order valence-corrected chi connectivity index (χ2v) is 3.69. The van der Waals surface area contributed by atoms with Crippen LogP contribution in [-0.4, -0.2) is 13.6 Å². The smallest absolute Gasteiger partial charge is 0.0992 e. The van der Waals surface area contributed by atoms with E-state index >= 15 is 0 Å². The summed E-state index contributed by atoms with van der Waals surface area (Å²) in [6.45, 7) is 2.73. The summed E-state index contributed by atoms with van der Waals surface area (Å²) in [4.78, 5) is 2.05. The Hall–Kier alpha value is -1.46. The maximum Gasteiger partial charge on any atom is 0.0992 e. The number of benzene rings is 1. The lowest BCUT2D eigenvalue weighted by atomic mass is 10.2. The summed E-state index contributed by atoms with van der Waals surface area (Å²) in [6.07, 6.45) is 0. The molecule has 15 heavy (non-hydrogen) atoms. The molecule has 0 bridgehead atoms. The zero-order chi connectivity index (χ0) is 11.3. The lowest BCUT2D eigenvalue weighted by Gasteiger charge is -2.19. The Morgan fingerprint density at radius 1 is 1.60 bits per heavy atom. The largest absolute Gasteiger partial charge is 0.371 e. The molecule has 0 saturated carbocycles. The highest BCUT2D eigenvalue weighted by molar-refractivity contribution is 6.25. The van der Waals surface area contributed by atoms with Gasteiger partial charge in [0.25, 0.3) is 0 Å². The van der Waals surface area contributed by atoms with Gasteiger partial charge < -0.3 is 4.90 Å². The predicted molar refractivity (Wildman–Crippen MR) is 64.0 cm³/mol. The van der Waals surface area contributed by atoms with Gasteiger partial charge in [0.05, 0.1) is 11.6 Å². The molecule has 0 aliphatic carbocycles. The molecule has 78 valence electrons. The third kappa shape index (κ3) is 3.30. The van der Waals surface area contributed by atoms with Crippen LogP contribution in [0.3, 0.4) is 0 Å². The molecule has 0 spiro atoms. The predicted octanol–water partition coefficient (Wildman–Crippen LogP) is 3.14. The van der Waals surface area contributed by atoms with Crippen molar-refractivity contribution in [1.29, 1.82) is 5.26 Å². The molecule has 3 heteroatoms. The molecule has 0 aromatic heterocycles. The molecule has 1 aromatic carbocycles. The highest BCUT2D eigenvalue weighted by Gasteiger charge is 2.01. The maximum atomic E-state index is 8.77. The van der Waals surface area contributed by atoms with Crippen LogP contribution < -0.4 is 4.90 Å². The molecule has 1 aromatic rings. The average molecular weight is 221 g/mol. The van der Waals surface area contributed by atoms with Gasteiger partial charge in [-0.1, -0.05) is 17.7 Å². The van der Waals surface area contributed by atoms with Gasteiger partial charge in [-0.2, -0.15) is 5.26 Å². The van der Waals surface area contributed by atoms with Crippen molar-refractivity contribution in [1.82, 2.24) is 0 Å². The molecule has 0 heterocycles. The Morgan fingerprint density at radius 2 is 2.33 bits per heavy atom. The molecule has 0 radical (unpaired) electrons. The van der Waals surface area contributed by atoms with Crippen LogP contribution in [0.4, 0.5) is 5.69 Å². The van der Waals surface area contributed by atoms with E-state index in [9.17, 15) is 0 Å². The van der Waals surface area contributed by atoms with Gasteiger partial charge in [0, 0.05) is 24.8 Å². The summed E-state index contributed by atoms with van der Waals surface area (Å²) < 4.78 is 0. The number of nitrogens with zero attached hydrogens (tertiary/aromatic N) is 2. The molecule has 0 aliphatic rings. The van der Waals surface area contributed by atoms with Gasteiger partial charge in [-0.05, 0) is 30.7 Å². The topological polar surface area (TPSA) is 27.0 Å². The first kappa shape index (κ1) is 11.6. The molecular weight excluding hydrogens is 208 g/mol. The Balaban J connectivity index is 2.83. The van der Waals surface area contributed by atoms with Crippen LogP contribution in [0.5, 0.6) is 0 Å². The van der Waals surface area contributed by atoms with E-state index in [4.69, 9.17) is 16.9 Å². The van der Waals surface area contributed by atoms with Crippen molar-refractivity contribution < 1.29 is 0 Å². The molecule has 0 unspecified atom stereocenters. The molecule has 1 rings (SSSR count). The summed E-state index contributed by atoms with van der Waals surface area (Å²) in [5.74, 6) is 0. The van der Waals surface area contributed by atoms with Crippen molar-refractivity contribution in [2.24, 2.45) is 0 Å². The fourth-order valence-corrected chi connectivity index (χ4v) is 1.38. The van der Waals surface area contributed by atoms with Gasteiger partial charge in [-0.25, -0.2) is 0 Å². The number of hydrogen-bond acceptors (Lipinski definition) is 2. The van der Waals surface area contributed by atoms with E-state index in [1.807, 2.05) is 32.2 Å². The van der Waals surface area contributed by atoms with Crippen LogP contribution in [0.1, 0.15) is 12.5 Å². The van der Waals surface area contributed by atoms with E-state index in [1.54, 1.807) is 11.6 Å². The first-order valence-electron chi connectivity index (χ1n) is 4.64. The Kier molecular flexibility index (Phi) is 4.20. The number of likely N-dealkylation sites (N-methyl/N-ethyl adjacent to an activating group) is 1. The van der Waals surface area contributed by atoms with Gasteiger partial charge in [-0.3, -0.25) is 0 Å². The summed E-state index contributed by atoms with van der Waals surface area (Å²) in [6, 6.07) is 9.63. The fourth-order valence-electron chi connectivity index (χ4n) is 1.31. The molecule has 0 N–H and O–H groups in total. The normalized spacial score (nSPS) is 10.9. The summed E-state index contributed by atoms with van der Waals surface area (Å²) in [5.41, 5.74) is 4.35. The minimum absolute atomic E-state index is 0.673. The quantitative estimate of drug-likeness (QED) is 0.783. The van der Waals surface area contributed by atoms with Crippen molar-refractivity contribution >= 4 is 17.3 Å². The minimum atomic E-state index is 0.673. The van der Waals surface area contributed by atoms with E-state index in [1.165, 1.54) is 0 Å². The van der Waals surface area contributed by atoms with E-state index < -0.39 is 0 Å². The molecule has 0 amide bonds. The number of anilines is 1. The van der Waals surface area contributed by atoms with Crippen molar-refractivity contribution in [2.75, 3.05) is 18.5 Å². The van der Waals surface area contributed by atoms with Crippen LogP contribution in [0.25, 0.3) is 0 Å². The van der Waals surface area contributed by atoms with Gasteiger partial charge in [0.15, 0.2) is 0 Å². The van der Waals surface area contributed by atoms with Crippen LogP contribution >= 0.6 is 11.6 Å². The Labute approximate surface area is 95.4 Å². The van der Waals surface area contributed by atoms with E-state index in [-0.39, 0.29) is 0 Å². The van der Waals surface area contributed by atoms with Crippen molar-refractivity contribution in [3.63, 3.8) is 0 Å².